The predicted octanol–water partition coefficient (Wildman–Crippen LogP) is 4.25. The first-order valence-electron chi connectivity index (χ1n) is 8.61. The summed E-state index contributed by atoms with van der Waals surface area (Å²) in [6, 6.07) is 9.41. The molecule has 3 rings (SSSR count). The number of furan rings is 1. The highest BCUT2D eigenvalue weighted by molar-refractivity contribution is 6.02. The first-order chi connectivity index (χ1) is 12.5. The van der Waals surface area contributed by atoms with E-state index in [4.69, 9.17) is 9.15 Å². The Balaban J connectivity index is 1.65. The molecule has 0 unspecified atom stereocenters. The van der Waals surface area contributed by atoms with Crippen LogP contribution in [0.1, 0.15) is 40.1 Å². The molecule has 2 heterocycles. The van der Waals surface area contributed by atoms with Gasteiger partial charge in [-0.25, -0.2) is 0 Å². The summed E-state index contributed by atoms with van der Waals surface area (Å²) in [5, 5.41) is 7.05. The van der Waals surface area contributed by atoms with Crippen molar-refractivity contribution < 1.29 is 13.9 Å². The molecule has 1 amide bonds. The van der Waals surface area contributed by atoms with Gasteiger partial charge in [0.1, 0.15) is 18.1 Å². The number of aryl methyl sites for hydroxylation is 3. The lowest BCUT2D eigenvalue weighted by Crippen LogP contribution is -2.11. The fourth-order valence-corrected chi connectivity index (χ4v) is 2.82. The number of para-hydroxylation sites is 1. The fourth-order valence-electron chi connectivity index (χ4n) is 2.82. The molecule has 1 N–H and O–H groups in total. The van der Waals surface area contributed by atoms with Gasteiger partial charge in [-0.3, -0.25) is 9.48 Å². The summed E-state index contributed by atoms with van der Waals surface area (Å²) in [5.41, 5.74) is 3.73. The predicted molar refractivity (Wildman–Crippen MR) is 99.5 cm³/mol. The Morgan fingerprint density at radius 2 is 1.92 bits per heavy atom. The van der Waals surface area contributed by atoms with Gasteiger partial charge in [0, 0.05) is 6.54 Å². The average molecular weight is 353 g/mol. The van der Waals surface area contributed by atoms with Gasteiger partial charge < -0.3 is 14.5 Å². The summed E-state index contributed by atoms with van der Waals surface area (Å²) in [4.78, 5) is 12.4. The highest BCUT2D eigenvalue weighted by atomic mass is 16.5. The summed E-state index contributed by atoms with van der Waals surface area (Å²) < 4.78 is 13.3. The zero-order valence-corrected chi connectivity index (χ0v) is 15.5. The molecule has 3 aromatic rings. The maximum absolute atomic E-state index is 12.4. The number of nitrogens with one attached hydrogen (secondary N) is 1. The standard InChI is InChI=1S/C20H23N3O3/c1-5-23-15(4)17(11-21-23)22-20(24)18-10-9-16(26-18)12-25-19-13(2)7-6-8-14(19)3/h6-11H,5,12H2,1-4H3,(H,22,24). The number of benzene rings is 1. The quantitative estimate of drug-likeness (QED) is 0.719. The Morgan fingerprint density at radius 3 is 2.58 bits per heavy atom. The van der Waals surface area contributed by atoms with Crippen LogP contribution in [0.4, 0.5) is 5.69 Å². The Labute approximate surface area is 152 Å². The lowest BCUT2D eigenvalue weighted by atomic mass is 10.1. The second-order valence-corrected chi connectivity index (χ2v) is 6.19. The molecule has 1 aromatic carbocycles. The van der Waals surface area contributed by atoms with E-state index in [9.17, 15) is 4.79 Å². The highest BCUT2D eigenvalue weighted by Crippen LogP contribution is 2.24. The molecule has 6 heteroatoms. The van der Waals surface area contributed by atoms with Gasteiger partial charge >= 0.3 is 0 Å². The van der Waals surface area contributed by atoms with Gasteiger partial charge in [0.25, 0.3) is 5.91 Å². The van der Waals surface area contributed by atoms with Crippen molar-refractivity contribution in [3.63, 3.8) is 0 Å². The number of anilines is 1. The fraction of sp³-hybridized carbons (Fsp3) is 0.300. The van der Waals surface area contributed by atoms with Crippen molar-refractivity contribution in [2.24, 2.45) is 0 Å². The second-order valence-electron chi connectivity index (χ2n) is 6.19. The van der Waals surface area contributed by atoms with Crippen LogP contribution in [0.5, 0.6) is 5.75 Å². The van der Waals surface area contributed by atoms with Crippen molar-refractivity contribution in [3.8, 4) is 5.75 Å². The molecule has 0 bridgehead atoms. The van der Waals surface area contributed by atoms with Gasteiger partial charge in [0.2, 0.25) is 0 Å². The van der Waals surface area contributed by atoms with Crippen molar-refractivity contribution in [1.29, 1.82) is 0 Å². The number of hydrogen-bond acceptors (Lipinski definition) is 4. The second kappa shape index (κ2) is 7.47. The van der Waals surface area contributed by atoms with Gasteiger partial charge in [0.15, 0.2) is 5.76 Å². The maximum Gasteiger partial charge on any atom is 0.291 e. The maximum atomic E-state index is 12.4. The zero-order chi connectivity index (χ0) is 18.7. The largest absolute Gasteiger partial charge is 0.485 e. The van der Waals surface area contributed by atoms with E-state index in [1.165, 1.54) is 0 Å². The molecule has 0 aliphatic rings. The van der Waals surface area contributed by atoms with E-state index in [-0.39, 0.29) is 18.3 Å². The van der Waals surface area contributed by atoms with Crippen LogP contribution in [0, 0.1) is 20.8 Å². The van der Waals surface area contributed by atoms with Crippen LogP contribution in [0.2, 0.25) is 0 Å². The third-order valence-electron chi connectivity index (χ3n) is 4.30. The zero-order valence-electron chi connectivity index (χ0n) is 15.5. The first-order valence-corrected chi connectivity index (χ1v) is 8.61. The SMILES string of the molecule is CCn1ncc(NC(=O)c2ccc(COc3c(C)cccc3C)o2)c1C. The van der Waals surface area contributed by atoms with E-state index in [2.05, 4.69) is 10.4 Å². The average Bonchev–Trinajstić information content (AvgIpc) is 3.22. The van der Waals surface area contributed by atoms with Crippen LogP contribution in [0.15, 0.2) is 40.9 Å². The third kappa shape index (κ3) is 3.64. The van der Waals surface area contributed by atoms with Crippen molar-refractivity contribution in [2.75, 3.05) is 5.32 Å². The molecule has 0 aliphatic carbocycles. The number of nitrogens with zero attached hydrogens (tertiary/aromatic N) is 2. The van der Waals surface area contributed by atoms with Crippen LogP contribution in [-0.4, -0.2) is 15.7 Å². The lowest BCUT2D eigenvalue weighted by molar-refractivity contribution is 0.0992. The van der Waals surface area contributed by atoms with Gasteiger partial charge in [-0.15, -0.1) is 0 Å². The topological polar surface area (TPSA) is 69.3 Å². The molecule has 136 valence electrons. The molecule has 0 saturated carbocycles. The molecule has 0 radical (unpaired) electrons. The van der Waals surface area contributed by atoms with Gasteiger partial charge in [0.05, 0.1) is 17.6 Å². The van der Waals surface area contributed by atoms with Crippen molar-refractivity contribution in [2.45, 2.75) is 40.8 Å². The summed E-state index contributed by atoms with van der Waals surface area (Å²) >= 11 is 0. The van der Waals surface area contributed by atoms with Crippen molar-refractivity contribution in [3.05, 3.63) is 64.9 Å². The van der Waals surface area contributed by atoms with Gasteiger partial charge in [-0.2, -0.15) is 5.10 Å². The summed E-state index contributed by atoms with van der Waals surface area (Å²) in [6.45, 7) is 8.94. The number of carbonyl (C=O) groups is 1. The minimum Gasteiger partial charge on any atom is -0.485 e. The molecule has 0 spiro atoms. The van der Waals surface area contributed by atoms with E-state index < -0.39 is 0 Å². The van der Waals surface area contributed by atoms with Gasteiger partial charge in [-0.1, -0.05) is 18.2 Å². The third-order valence-corrected chi connectivity index (χ3v) is 4.30. The Hall–Kier alpha value is -3.02. The lowest BCUT2D eigenvalue weighted by Gasteiger charge is -2.10. The molecule has 0 aliphatic heterocycles. The molecule has 0 fully saturated rings. The van der Waals surface area contributed by atoms with E-state index in [1.807, 2.05) is 50.6 Å². The monoisotopic (exact) mass is 353 g/mol. The van der Waals surface area contributed by atoms with Crippen LogP contribution in [0.25, 0.3) is 0 Å². The first kappa shape index (κ1) is 17.8. The molecule has 0 atom stereocenters. The van der Waals surface area contributed by atoms with Crippen LogP contribution >= 0.6 is 0 Å². The minimum absolute atomic E-state index is 0.244. The molecule has 2 aromatic heterocycles. The number of aromatic nitrogens is 2. The molecular weight excluding hydrogens is 330 g/mol. The summed E-state index contributed by atoms with van der Waals surface area (Å²) in [5.74, 6) is 1.38. The Bertz CT molecular complexity index is 904. The number of hydrogen-bond donors (Lipinski definition) is 1. The molecular formula is C20H23N3O3. The molecule has 0 saturated heterocycles. The summed E-state index contributed by atoms with van der Waals surface area (Å²) in [6.07, 6.45) is 1.64. The number of amides is 1. The number of rotatable bonds is 6. The van der Waals surface area contributed by atoms with E-state index >= 15 is 0 Å². The van der Waals surface area contributed by atoms with Gasteiger partial charge in [-0.05, 0) is 51.0 Å². The molecule has 26 heavy (non-hydrogen) atoms. The van der Waals surface area contributed by atoms with Crippen molar-refractivity contribution in [1.82, 2.24) is 9.78 Å². The van der Waals surface area contributed by atoms with Crippen LogP contribution < -0.4 is 10.1 Å². The highest BCUT2D eigenvalue weighted by Gasteiger charge is 2.15. The van der Waals surface area contributed by atoms with E-state index in [0.29, 0.717) is 11.4 Å². The van der Waals surface area contributed by atoms with Crippen LogP contribution in [0.3, 0.4) is 0 Å². The summed E-state index contributed by atoms with van der Waals surface area (Å²) in [7, 11) is 0. The number of ether oxygens (including phenoxy) is 1. The van der Waals surface area contributed by atoms with E-state index in [1.54, 1.807) is 18.3 Å². The number of carbonyl (C=O) groups excluding carboxylic acids is 1. The smallest absolute Gasteiger partial charge is 0.291 e. The Morgan fingerprint density at radius 1 is 1.19 bits per heavy atom. The molecule has 6 nitrogen and oxygen atoms in total. The minimum atomic E-state index is -0.304. The van der Waals surface area contributed by atoms with Crippen LogP contribution in [-0.2, 0) is 13.2 Å². The van der Waals surface area contributed by atoms with Crippen molar-refractivity contribution >= 4 is 11.6 Å². The Kier molecular flexibility index (Phi) is 5.11. The normalized spacial score (nSPS) is 10.8. The van der Waals surface area contributed by atoms with E-state index in [0.717, 1.165) is 29.1 Å².